The van der Waals surface area contributed by atoms with Crippen molar-refractivity contribution in [3.8, 4) is 17.2 Å². The minimum atomic E-state index is -1.13. The predicted molar refractivity (Wildman–Crippen MR) is 160 cm³/mol. The molecule has 0 heterocycles. The third-order valence-corrected chi connectivity index (χ3v) is 5.59. The molecule has 0 saturated carbocycles. The summed E-state index contributed by atoms with van der Waals surface area (Å²) in [4.78, 5) is 49.5. The molecule has 0 aliphatic carbocycles. The molecule has 12 heteroatoms. The Hall–Kier alpha value is -4.32. The number of para-hydroxylation sites is 1. The minimum Gasteiger partial charge on any atom is -0.458 e. The van der Waals surface area contributed by atoms with E-state index in [0.717, 1.165) is 0 Å². The number of esters is 1. The highest BCUT2D eigenvalue weighted by Gasteiger charge is 2.26. The van der Waals surface area contributed by atoms with Crippen molar-refractivity contribution in [3.05, 3.63) is 54.1 Å². The molecule has 2 rings (SSSR count). The lowest BCUT2D eigenvalue weighted by atomic mass is 9.99. The van der Waals surface area contributed by atoms with Gasteiger partial charge in [0.25, 0.3) is 0 Å². The summed E-state index contributed by atoms with van der Waals surface area (Å²) in [5.74, 6) is -0.691. The molecule has 3 atom stereocenters. The van der Waals surface area contributed by atoms with Crippen molar-refractivity contribution in [2.45, 2.75) is 80.1 Å². The molecular weight excluding hydrogens is 574 g/mol. The van der Waals surface area contributed by atoms with E-state index >= 15 is 0 Å². The smallest absolute Gasteiger partial charge is 0.458 e. The molecule has 0 aromatic heterocycles. The Bertz CT molecular complexity index is 1270. The van der Waals surface area contributed by atoms with Crippen molar-refractivity contribution in [1.29, 1.82) is 0 Å². The van der Waals surface area contributed by atoms with Gasteiger partial charge in [-0.3, -0.25) is 4.79 Å². The van der Waals surface area contributed by atoms with Crippen LogP contribution in [0.25, 0.3) is 0 Å². The van der Waals surface area contributed by atoms with E-state index in [1.807, 2.05) is 41.5 Å². The molecule has 242 valence electrons. The van der Waals surface area contributed by atoms with Crippen LogP contribution >= 0.6 is 0 Å². The monoisotopic (exact) mass is 617 g/mol. The first-order valence-electron chi connectivity index (χ1n) is 14.1. The average molecular weight is 618 g/mol. The van der Waals surface area contributed by atoms with Crippen LogP contribution in [0.2, 0.25) is 0 Å². The number of rotatable bonds is 11. The Labute approximate surface area is 258 Å². The predicted octanol–water partition coefficient (Wildman–Crippen LogP) is 6.22. The maximum Gasteiger partial charge on any atom is 0.514 e. The molecule has 0 aliphatic rings. The van der Waals surface area contributed by atoms with Crippen molar-refractivity contribution in [2.24, 2.45) is 16.6 Å². The molecule has 0 amide bonds. The van der Waals surface area contributed by atoms with E-state index in [9.17, 15) is 19.2 Å². The normalized spacial score (nSPS) is 13.5. The van der Waals surface area contributed by atoms with Crippen LogP contribution < -0.4 is 19.9 Å². The summed E-state index contributed by atoms with van der Waals surface area (Å²) in [6.07, 6.45) is -4.66. The summed E-state index contributed by atoms with van der Waals surface area (Å²) in [6.45, 7) is 14.6. The maximum absolute atomic E-state index is 12.7. The Morgan fingerprint density at radius 3 is 1.75 bits per heavy atom. The minimum absolute atomic E-state index is 0.0288. The van der Waals surface area contributed by atoms with Gasteiger partial charge in [0.05, 0.1) is 13.2 Å². The number of nitrogens with two attached hydrogens (primary N) is 1. The van der Waals surface area contributed by atoms with Crippen LogP contribution in [-0.2, 0) is 30.2 Å². The van der Waals surface area contributed by atoms with E-state index in [4.69, 9.17) is 38.9 Å². The Morgan fingerprint density at radius 1 is 0.682 bits per heavy atom. The Balaban J connectivity index is 2.05. The van der Waals surface area contributed by atoms with E-state index in [1.54, 1.807) is 50.2 Å². The van der Waals surface area contributed by atoms with E-state index in [0.29, 0.717) is 11.3 Å². The van der Waals surface area contributed by atoms with Gasteiger partial charge in [-0.1, -0.05) is 65.8 Å². The van der Waals surface area contributed by atoms with Crippen molar-refractivity contribution in [2.75, 3.05) is 13.2 Å². The van der Waals surface area contributed by atoms with Gasteiger partial charge >= 0.3 is 24.4 Å². The highest BCUT2D eigenvalue weighted by molar-refractivity contribution is 5.76. The lowest BCUT2D eigenvalue weighted by Gasteiger charge is -2.22. The van der Waals surface area contributed by atoms with Gasteiger partial charge in [0.15, 0.2) is 11.5 Å². The van der Waals surface area contributed by atoms with Crippen LogP contribution in [0.5, 0.6) is 17.2 Å². The highest BCUT2D eigenvalue weighted by atomic mass is 16.8. The number of hydrogen-bond donors (Lipinski definition) is 1. The fourth-order valence-corrected chi connectivity index (χ4v) is 3.19. The summed E-state index contributed by atoms with van der Waals surface area (Å²) in [6, 6.07) is 11.6. The van der Waals surface area contributed by atoms with Crippen LogP contribution in [-0.4, -0.2) is 55.9 Å². The van der Waals surface area contributed by atoms with Gasteiger partial charge in [0, 0.05) is 0 Å². The number of carbonyl (C=O) groups excluding carboxylic acids is 4. The van der Waals surface area contributed by atoms with E-state index in [1.165, 1.54) is 12.1 Å². The second-order valence-corrected chi connectivity index (χ2v) is 12.6. The Kier molecular flexibility index (Phi) is 13.0. The molecule has 12 nitrogen and oxygen atoms in total. The molecule has 2 aromatic carbocycles. The zero-order valence-electron chi connectivity index (χ0n) is 26.5. The largest absolute Gasteiger partial charge is 0.514 e. The lowest BCUT2D eigenvalue weighted by Crippen LogP contribution is -2.39. The molecule has 0 bridgehead atoms. The number of benzene rings is 2. The first-order valence-corrected chi connectivity index (χ1v) is 14.1. The van der Waals surface area contributed by atoms with Gasteiger partial charge in [0.1, 0.15) is 24.0 Å². The molecule has 0 fully saturated rings. The van der Waals surface area contributed by atoms with Gasteiger partial charge in [0.2, 0.25) is 0 Å². The van der Waals surface area contributed by atoms with Crippen LogP contribution in [0.15, 0.2) is 48.5 Å². The number of ether oxygens (including phenoxy) is 7. The second kappa shape index (κ2) is 15.9. The highest BCUT2D eigenvalue weighted by Crippen LogP contribution is 2.30. The molecule has 0 saturated heterocycles. The SMILES string of the molecule is C[C@H](OC(=O)Oc1ccccc1)[C@H](C)OC(=O)[C@@H](N)Cc1ccc(OC(=O)OCC(C)(C)C)c(OC(=O)OCC(C)(C)C)c1. The summed E-state index contributed by atoms with van der Waals surface area (Å²) in [7, 11) is 0. The molecule has 0 spiro atoms. The first kappa shape index (κ1) is 35.9. The van der Waals surface area contributed by atoms with Gasteiger partial charge in [-0.15, -0.1) is 0 Å². The summed E-state index contributed by atoms with van der Waals surface area (Å²) in [5.41, 5.74) is 5.96. The van der Waals surface area contributed by atoms with Crippen molar-refractivity contribution in [3.63, 3.8) is 0 Å². The average Bonchev–Trinajstić information content (AvgIpc) is 2.91. The topological polar surface area (TPSA) is 159 Å². The molecule has 0 aliphatic heterocycles. The molecule has 0 unspecified atom stereocenters. The van der Waals surface area contributed by atoms with Crippen LogP contribution in [0.3, 0.4) is 0 Å². The molecule has 2 aromatic rings. The Morgan fingerprint density at radius 2 is 1.20 bits per heavy atom. The lowest BCUT2D eigenvalue weighted by molar-refractivity contribution is -0.155. The van der Waals surface area contributed by atoms with Gasteiger partial charge in [-0.05, 0) is 60.9 Å². The summed E-state index contributed by atoms with van der Waals surface area (Å²) in [5, 5.41) is 0. The third kappa shape index (κ3) is 13.8. The molecule has 44 heavy (non-hydrogen) atoms. The van der Waals surface area contributed by atoms with Crippen LogP contribution in [0.1, 0.15) is 61.0 Å². The second-order valence-electron chi connectivity index (χ2n) is 12.6. The maximum atomic E-state index is 12.7. The van der Waals surface area contributed by atoms with E-state index in [-0.39, 0.29) is 42.0 Å². The fourth-order valence-electron chi connectivity index (χ4n) is 3.19. The standard InChI is InChI=1S/C32H43NO11/c1-20(21(2)41-30(37)42-23-12-10-9-11-13-23)40-27(34)24(33)16-22-14-15-25(43-28(35)38-18-31(3,4)5)26(17-22)44-29(36)39-19-32(6,7)8/h9-15,17,20-21,24H,16,18-19,33H2,1-8H3/t20-,21-,24-/m0/s1. The molecule has 0 radical (unpaired) electrons. The first-order chi connectivity index (χ1) is 20.4. The zero-order valence-corrected chi connectivity index (χ0v) is 26.5. The third-order valence-electron chi connectivity index (χ3n) is 5.59. The number of carbonyl (C=O) groups is 4. The van der Waals surface area contributed by atoms with Gasteiger partial charge in [-0.25, -0.2) is 14.4 Å². The quantitative estimate of drug-likeness (QED) is 0.173. The van der Waals surface area contributed by atoms with Gasteiger partial charge in [-0.2, -0.15) is 0 Å². The van der Waals surface area contributed by atoms with Crippen molar-refractivity contribution < 1.29 is 52.3 Å². The van der Waals surface area contributed by atoms with Crippen molar-refractivity contribution in [1.82, 2.24) is 0 Å². The molecule has 2 N–H and O–H groups in total. The fraction of sp³-hybridized carbons (Fsp3) is 0.500. The van der Waals surface area contributed by atoms with Crippen molar-refractivity contribution >= 4 is 24.4 Å². The molecular formula is C32H43NO11. The summed E-state index contributed by atoms with van der Waals surface area (Å²) >= 11 is 0. The van der Waals surface area contributed by atoms with E-state index in [2.05, 4.69) is 0 Å². The summed E-state index contributed by atoms with van der Waals surface area (Å²) < 4.78 is 36.6. The number of hydrogen-bond acceptors (Lipinski definition) is 12. The van der Waals surface area contributed by atoms with Gasteiger partial charge < -0.3 is 38.9 Å². The van der Waals surface area contributed by atoms with Crippen LogP contribution in [0.4, 0.5) is 14.4 Å². The van der Waals surface area contributed by atoms with Crippen LogP contribution in [0, 0.1) is 10.8 Å². The zero-order chi connectivity index (χ0) is 33.1. The van der Waals surface area contributed by atoms with E-state index < -0.39 is 42.7 Å².